The van der Waals surface area contributed by atoms with Crippen molar-refractivity contribution in [3.8, 4) is 0 Å². The van der Waals surface area contributed by atoms with E-state index in [1.807, 2.05) is 13.8 Å². The molecule has 116 valence electrons. The molecule has 0 spiro atoms. The summed E-state index contributed by atoms with van der Waals surface area (Å²) < 4.78 is 12.3. The van der Waals surface area contributed by atoms with Gasteiger partial charge in [-0.05, 0) is 31.0 Å². The maximum atomic E-state index is 12.3. The Morgan fingerprint density at radius 1 is 1.33 bits per heavy atom. The molecule has 0 aliphatic carbocycles. The van der Waals surface area contributed by atoms with Crippen LogP contribution in [0.1, 0.15) is 31.1 Å². The van der Waals surface area contributed by atoms with Gasteiger partial charge in [0.05, 0.1) is 21.4 Å². The van der Waals surface area contributed by atoms with E-state index >= 15 is 0 Å². The number of halogens is 1. The first-order valence-corrected chi connectivity index (χ1v) is 8.04. The van der Waals surface area contributed by atoms with Gasteiger partial charge in [0.2, 0.25) is 5.91 Å². The fourth-order valence-corrected chi connectivity index (χ4v) is 2.86. The van der Waals surface area contributed by atoms with Crippen LogP contribution in [0.3, 0.4) is 0 Å². The highest BCUT2D eigenvalue weighted by Crippen LogP contribution is 2.21. The Labute approximate surface area is 131 Å². The Morgan fingerprint density at radius 3 is 2.48 bits per heavy atom. The van der Waals surface area contributed by atoms with Crippen LogP contribution in [-0.4, -0.2) is 33.0 Å². The third-order valence-corrected chi connectivity index (χ3v) is 4.68. The molecule has 0 aliphatic heterocycles. The predicted octanol–water partition coefficient (Wildman–Crippen LogP) is 2.31. The van der Waals surface area contributed by atoms with E-state index in [2.05, 4.69) is 5.32 Å². The number of hydrogen-bond donors (Lipinski definition) is 2. The minimum Gasteiger partial charge on any atom is -0.478 e. The van der Waals surface area contributed by atoms with E-state index in [-0.39, 0.29) is 21.4 Å². The van der Waals surface area contributed by atoms with Crippen molar-refractivity contribution in [1.82, 2.24) is 5.32 Å². The number of carbonyl (C=O) groups excluding carboxylic acids is 1. The minimum atomic E-state index is -1.64. The lowest BCUT2D eigenvalue weighted by Gasteiger charge is -2.14. The molecule has 0 bridgehead atoms. The number of amides is 1. The van der Waals surface area contributed by atoms with Crippen molar-refractivity contribution in [1.29, 1.82) is 0 Å². The van der Waals surface area contributed by atoms with Gasteiger partial charge in [0.25, 0.3) is 0 Å². The van der Waals surface area contributed by atoms with Crippen molar-refractivity contribution in [2.24, 2.45) is 5.92 Å². The molecule has 21 heavy (non-hydrogen) atoms. The fraction of sp³-hybridized carbons (Fsp3) is 0.429. The fourth-order valence-electron chi connectivity index (χ4n) is 1.54. The molecule has 0 saturated carbocycles. The van der Waals surface area contributed by atoms with Crippen LogP contribution in [0.25, 0.3) is 0 Å². The maximum absolute atomic E-state index is 12.3. The van der Waals surface area contributed by atoms with Gasteiger partial charge in [0.15, 0.2) is 0 Å². The van der Waals surface area contributed by atoms with Crippen LogP contribution < -0.4 is 5.32 Å². The molecule has 0 heterocycles. The first-order valence-electron chi connectivity index (χ1n) is 6.45. The number of hydrogen-bond acceptors (Lipinski definition) is 3. The van der Waals surface area contributed by atoms with E-state index < -0.39 is 22.0 Å². The van der Waals surface area contributed by atoms with Gasteiger partial charge < -0.3 is 10.4 Å². The molecule has 2 unspecified atom stereocenters. The molecule has 2 N–H and O–H groups in total. The largest absolute Gasteiger partial charge is 0.478 e. The summed E-state index contributed by atoms with van der Waals surface area (Å²) in [5.74, 6) is -1.23. The summed E-state index contributed by atoms with van der Waals surface area (Å²) in [5, 5.41) is 11.0. The molecule has 0 saturated heterocycles. The molecule has 1 aromatic rings. The summed E-state index contributed by atoms with van der Waals surface area (Å²) in [6.07, 6.45) is 0. The van der Waals surface area contributed by atoms with Gasteiger partial charge in [0.1, 0.15) is 5.25 Å². The zero-order chi connectivity index (χ0) is 16.2. The maximum Gasteiger partial charge on any atom is 0.337 e. The van der Waals surface area contributed by atoms with E-state index in [1.165, 1.54) is 18.2 Å². The average molecular weight is 332 g/mol. The molecular formula is C14H18ClNO4S. The van der Waals surface area contributed by atoms with Gasteiger partial charge in [-0.15, -0.1) is 0 Å². The van der Waals surface area contributed by atoms with Gasteiger partial charge in [-0.2, -0.15) is 0 Å². The monoisotopic (exact) mass is 331 g/mol. The Hall–Kier alpha value is -1.40. The molecule has 0 aliphatic rings. The Balaban J connectivity index is 2.90. The zero-order valence-corrected chi connectivity index (χ0v) is 13.6. The topological polar surface area (TPSA) is 83.5 Å². The summed E-state index contributed by atoms with van der Waals surface area (Å²) in [6.45, 7) is 5.96. The molecule has 1 rings (SSSR count). The number of aromatic carboxylic acids is 1. The molecule has 0 aromatic heterocycles. The lowest BCUT2D eigenvalue weighted by atomic mass is 10.2. The highest BCUT2D eigenvalue weighted by molar-refractivity contribution is 7.86. The van der Waals surface area contributed by atoms with Crippen molar-refractivity contribution in [3.63, 3.8) is 0 Å². The van der Waals surface area contributed by atoms with Gasteiger partial charge in [-0.3, -0.25) is 9.00 Å². The van der Waals surface area contributed by atoms with E-state index in [0.717, 1.165) is 0 Å². The number of carbonyl (C=O) groups is 2. The van der Waals surface area contributed by atoms with Crippen LogP contribution in [0.4, 0.5) is 0 Å². The van der Waals surface area contributed by atoms with Gasteiger partial charge in [0, 0.05) is 11.4 Å². The van der Waals surface area contributed by atoms with Crippen LogP contribution in [0, 0.1) is 5.92 Å². The van der Waals surface area contributed by atoms with Gasteiger partial charge >= 0.3 is 5.97 Å². The van der Waals surface area contributed by atoms with Gasteiger partial charge in [-0.25, -0.2) is 4.79 Å². The quantitative estimate of drug-likeness (QED) is 0.837. The normalized spacial score (nSPS) is 13.8. The average Bonchev–Trinajstić information content (AvgIpc) is 2.43. The first kappa shape index (κ1) is 17.7. The Bertz CT molecular complexity index is 574. The molecule has 1 aromatic carbocycles. The summed E-state index contributed by atoms with van der Waals surface area (Å²) in [5.41, 5.74) is -0.127. The number of carboxylic acid groups (broad SMARTS) is 1. The van der Waals surface area contributed by atoms with Crippen LogP contribution in [0.5, 0.6) is 0 Å². The second kappa shape index (κ2) is 7.56. The van der Waals surface area contributed by atoms with E-state index in [4.69, 9.17) is 16.7 Å². The van der Waals surface area contributed by atoms with Crippen LogP contribution in [0.15, 0.2) is 23.1 Å². The molecule has 1 amide bonds. The minimum absolute atomic E-state index is 0.0696. The van der Waals surface area contributed by atoms with E-state index in [0.29, 0.717) is 12.5 Å². The molecule has 7 heteroatoms. The highest BCUT2D eigenvalue weighted by Gasteiger charge is 2.22. The molecule has 0 fully saturated rings. The van der Waals surface area contributed by atoms with Crippen LogP contribution in [-0.2, 0) is 15.6 Å². The Morgan fingerprint density at radius 2 is 1.95 bits per heavy atom. The summed E-state index contributed by atoms with van der Waals surface area (Å²) in [6, 6.07) is 4.08. The molecule has 2 atom stereocenters. The molecular weight excluding hydrogens is 314 g/mol. The molecule has 0 radical (unpaired) electrons. The van der Waals surface area contributed by atoms with E-state index in [1.54, 1.807) is 6.92 Å². The smallest absolute Gasteiger partial charge is 0.337 e. The van der Waals surface area contributed by atoms with Crippen molar-refractivity contribution < 1.29 is 18.9 Å². The van der Waals surface area contributed by atoms with Crippen molar-refractivity contribution in [2.75, 3.05) is 6.54 Å². The summed E-state index contributed by atoms with van der Waals surface area (Å²) >= 11 is 5.76. The number of nitrogens with one attached hydrogen (secondary N) is 1. The Kier molecular flexibility index (Phi) is 6.36. The molecule has 5 nitrogen and oxygen atoms in total. The third-order valence-electron chi connectivity index (χ3n) is 2.78. The van der Waals surface area contributed by atoms with Crippen molar-refractivity contribution in [2.45, 2.75) is 30.9 Å². The second-order valence-corrected chi connectivity index (χ2v) is 7.21. The standard InChI is InChI=1S/C14H18ClNO4S/c1-8(2)7-16-13(17)9(3)21(20)10-4-5-12(15)11(6-10)14(18)19/h4-6,8-9H,7H2,1-3H3,(H,16,17)(H,18,19). The lowest BCUT2D eigenvalue weighted by Crippen LogP contribution is -2.37. The number of benzene rings is 1. The van der Waals surface area contributed by atoms with Gasteiger partial charge in [-0.1, -0.05) is 25.4 Å². The van der Waals surface area contributed by atoms with Crippen LogP contribution in [0.2, 0.25) is 5.02 Å². The summed E-state index contributed by atoms with van der Waals surface area (Å²) in [4.78, 5) is 23.2. The number of carboxylic acids is 1. The summed E-state index contributed by atoms with van der Waals surface area (Å²) in [7, 11) is -1.64. The lowest BCUT2D eigenvalue weighted by molar-refractivity contribution is -0.120. The third kappa shape index (κ3) is 4.82. The van der Waals surface area contributed by atoms with E-state index in [9.17, 15) is 13.8 Å². The first-order chi connectivity index (χ1) is 9.73. The van der Waals surface area contributed by atoms with Crippen LogP contribution >= 0.6 is 11.6 Å². The number of rotatable bonds is 6. The SMILES string of the molecule is CC(C)CNC(=O)C(C)S(=O)c1ccc(Cl)c(C(=O)O)c1. The van der Waals surface area contributed by atoms with Crippen molar-refractivity contribution in [3.05, 3.63) is 28.8 Å². The predicted molar refractivity (Wildman–Crippen MR) is 82.1 cm³/mol. The second-order valence-electron chi connectivity index (χ2n) is 5.03. The zero-order valence-electron chi connectivity index (χ0n) is 12.1. The van der Waals surface area contributed by atoms with Crippen molar-refractivity contribution >= 4 is 34.3 Å². The highest BCUT2D eigenvalue weighted by atomic mass is 35.5.